The molecule has 0 spiro atoms. The molecule has 0 aliphatic heterocycles. The maximum atomic E-state index is 6.25. The van der Waals surface area contributed by atoms with Crippen LogP contribution < -0.4 is 10.5 Å². The number of hydrogen-bond donors (Lipinski definition) is 1. The van der Waals surface area contributed by atoms with Gasteiger partial charge in [-0.15, -0.1) is 0 Å². The van der Waals surface area contributed by atoms with E-state index in [9.17, 15) is 0 Å². The van der Waals surface area contributed by atoms with Gasteiger partial charge in [-0.05, 0) is 42.7 Å². The molecule has 2 unspecified atom stereocenters. The van der Waals surface area contributed by atoms with Crippen molar-refractivity contribution in [3.8, 4) is 5.75 Å². The molecule has 2 aromatic carbocycles. The number of rotatable bonds is 5. The molecule has 0 bridgehead atoms. The third-order valence-electron chi connectivity index (χ3n) is 3.41. The summed E-state index contributed by atoms with van der Waals surface area (Å²) in [6.07, 6.45) is 0.737. The van der Waals surface area contributed by atoms with Crippen molar-refractivity contribution in [3.63, 3.8) is 0 Å². The first-order valence-corrected chi connectivity index (χ1v) is 7.64. The zero-order valence-corrected chi connectivity index (χ0v) is 13.4. The summed E-state index contributed by atoms with van der Waals surface area (Å²) in [5, 5.41) is 0. The fourth-order valence-corrected chi connectivity index (χ4v) is 2.36. The minimum Gasteiger partial charge on any atom is -0.484 e. The van der Waals surface area contributed by atoms with Crippen LogP contribution in [0.2, 0.25) is 0 Å². The number of nitrogens with two attached hydrogens (primary N) is 1. The van der Waals surface area contributed by atoms with E-state index >= 15 is 0 Å². The van der Waals surface area contributed by atoms with Crippen molar-refractivity contribution in [1.29, 1.82) is 0 Å². The fraction of sp³-hybridized carbons (Fsp3) is 0.294. The Kier molecular flexibility index (Phi) is 5.21. The van der Waals surface area contributed by atoms with Gasteiger partial charge in [0.05, 0.1) is 0 Å². The molecule has 2 N–H and O–H groups in total. The molecule has 2 aromatic rings. The second kappa shape index (κ2) is 6.91. The highest BCUT2D eigenvalue weighted by Gasteiger charge is 2.21. The minimum absolute atomic E-state index is 0.0317. The molecule has 3 heteroatoms. The van der Waals surface area contributed by atoms with Crippen LogP contribution in [0.25, 0.3) is 0 Å². The summed E-state index contributed by atoms with van der Waals surface area (Å²) in [6.45, 7) is 4.13. The highest BCUT2D eigenvalue weighted by molar-refractivity contribution is 9.10. The fourth-order valence-electron chi connectivity index (χ4n) is 2.09. The molecule has 2 atom stereocenters. The largest absolute Gasteiger partial charge is 0.484 e. The minimum atomic E-state index is -0.130. The lowest BCUT2D eigenvalue weighted by Gasteiger charge is -2.25. The Labute approximate surface area is 129 Å². The summed E-state index contributed by atoms with van der Waals surface area (Å²) in [5.74, 6) is 0.893. The molecule has 0 aliphatic rings. The average Bonchev–Trinajstić information content (AvgIpc) is 2.47. The van der Waals surface area contributed by atoms with Crippen LogP contribution in [-0.2, 0) is 0 Å². The number of hydrogen-bond acceptors (Lipinski definition) is 2. The lowest BCUT2D eigenvalue weighted by molar-refractivity contribution is 0.170. The van der Waals surface area contributed by atoms with E-state index < -0.39 is 0 Å². The van der Waals surface area contributed by atoms with Crippen LogP contribution in [0.15, 0.2) is 53.0 Å². The number of halogens is 1. The number of para-hydroxylation sites is 1. The van der Waals surface area contributed by atoms with Gasteiger partial charge >= 0.3 is 0 Å². The van der Waals surface area contributed by atoms with E-state index in [-0.39, 0.29) is 12.1 Å². The molecule has 2 rings (SSSR count). The van der Waals surface area contributed by atoms with Crippen LogP contribution >= 0.6 is 15.9 Å². The SMILES string of the molecule is CCC(N)C(Oc1ccccc1C)c1ccc(Br)cc1. The zero-order chi connectivity index (χ0) is 14.5. The normalized spacial score (nSPS) is 13.8. The van der Waals surface area contributed by atoms with E-state index in [0.29, 0.717) is 0 Å². The summed E-state index contributed by atoms with van der Waals surface area (Å²) >= 11 is 3.46. The quantitative estimate of drug-likeness (QED) is 0.866. The van der Waals surface area contributed by atoms with Crippen LogP contribution in [0.5, 0.6) is 5.75 Å². The zero-order valence-electron chi connectivity index (χ0n) is 11.8. The van der Waals surface area contributed by atoms with Gasteiger partial charge in [-0.1, -0.05) is 53.2 Å². The van der Waals surface area contributed by atoms with E-state index in [1.807, 2.05) is 43.3 Å². The van der Waals surface area contributed by atoms with Crippen LogP contribution in [-0.4, -0.2) is 6.04 Å². The summed E-state index contributed by atoms with van der Waals surface area (Å²) in [6, 6.07) is 16.2. The molecule has 0 amide bonds. The molecule has 0 fully saturated rings. The van der Waals surface area contributed by atoms with Crippen molar-refractivity contribution in [3.05, 3.63) is 64.1 Å². The maximum absolute atomic E-state index is 6.25. The van der Waals surface area contributed by atoms with Crippen molar-refractivity contribution in [1.82, 2.24) is 0 Å². The van der Waals surface area contributed by atoms with E-state index in [4.69, 9.17) is 10.5 Å². The van der Waals surface area contributed by atoms with E-state index in [2.05, 4.69) is 35.0 Å². The molecule has 2 nitrogen and oxygen atoms in total. The molecule has 0 aliphatic carbocycles. The predicted molar refractivity (Wildman–Crippen MR) is 87.0 cm³/mol. The first kappa shape index (κ1) is 15.1. The van der Waals surface area contributed by atoms with Gasteiger partial charge in [0.1, 0.15) is 11.9 Å². The van der Waals surface area contributed by atoms with Crippen molar-refractivity contribution in [2.24, 2.45) is 5.73 Å². The lowest BCUT2D eigenvalue weighted by atomic mass is 10.0. The highest BCUT2D eigenvalue weighted by atomic mass is 79.9. The molecule has 106 valence electrons. The predicted octanol–water partition coefficient (Wildman–Crippen LogP) is 4.61. The Morgan fingerprint density at radius 2 is 1.75 bits per heavy atom. The smallest absolute Gasteiger partial charge is 0.139 e. The Morgan fingerprint density at radius 1 is 1.10 bits per heavy atom. The molecular weight excluding hydrogens is 314 g/mol. The van der Waals surface area contributed by atoms with Gasteiger partial charge in [0.15, 0.2) is 0 Å². The van der Waals surface area contributed by atoms with Gasteiger partial charge in [0.25, 0.3) is 0 Å². The van der Waals surface area contributed by atoms with Gasteiger partial charge in [-0.2, -0.15) is 0 Å². The molecule has 20 heavy (non-hydrogen) atoms. The second-order valence-electron chi connectivity index (χ2n) is 4.93. The summed E-state index contributed by atoms with van der Waals surface area (Å²) < 4.78 is 7.24. The summed E-state index contributed by atoms with van der Waals surface area (Å²) in [4.78, 5) is 0. The van der Waals surface area contributed by atoms with Gasteiger partial charge in [0.2, 0.25) is 0 Å². The van der Waals surface area contributed by atoms with Crippen molar-refractivity contribution in [2.75, 3.05) is 0 Å². The third-order valence-corrected chi connectivity index (χ3v) is 3.94. The van der Waals surface area contributed by atoms with Crippen LogP contribution in [0, 0.1) is 6.92 Å². The van der Waals surface area contributed by atoms with Crippen LogP contribution in [0.1, 0.15) is 30.6 Å². The first-order chi connectivity index (χ1) is 9.61. The highest BCUT2D eigenvalue weighted by Crippen LogP contribution is 2.28. The Morgan fingerprint density at radius 3 is 2.35 bits per heavy atom. The summed E-state index contributed by atoms with van der Waals surface area (Å²) in [7, 11) is 0. The van der Waals surface area contributed by atoms with Gasteiger partial charge in [0, 0.05) is 10.5 Å². The second-order valence-corrected chi connectivity index (χ2v) is 5.84. The monoisotopic (exact) mass is 333 g/mol. The van der Waals surface area contributed by atoms with E-state index in [1.54, 1.807) is 0 Å². The van der Waals surface area contributed by atoms with Crippen LogP contribution in [0.4, 0.5) is 0 Å². The molecule has 0 saturated heterocycles. The van der Waals surface area contributed by atoms with Gasteiger partial charge < -0.3 is 10.5 Å². The molecule has 0 heterocycles. The van der Waals surface area contributed by atoms with Crippen molar-refractivity contribution < 1.29 is 4.74 Å². The Balaban J connectivity index is 2.29. The van der Waals surface area contributed by atoms with Crippen molar-refractivity contribution in [2.45, 2.75) is 32.4 Å². The molecule has 0 saturated carbocycles. The molecular formula is C17H20BrNO. The van der Waals surface area contributed by atoms with E-state index in [0.717, 1.165) is 27.8 Å². The maximum Gasteiger partial charge on any atom is 0.139 e. The van der Waals surface area contributed by atoms with Gasteiger partial charge in [-0.3, -0.25) is 0 Å². The number of benzene rings is 2. The standard InChI is InChI=1S/C17H20BrNO/c1-3-15(19)17(13-8-10-14(18)11-9-13)20-16-7-5-4-6-12(16)2/h4-11,15,17H,3,19H2,1-2H3. The Hall–Kier alpha value is -1.32. The number of aryl methyl sites for hydroxylation is 1. The molecule has 0 radical (unpaired) electrons. The Bertz CT molecular complexity index is 553. The first-order valence-electron chi connectivity index (χ1n) is 6.85. The topological polar surface area (TPSA) is 35.2 Å². The van der Waals surface area contributed by atoms with Crippen molar-refractivity contribution >= 4 is 15.9 Å². The average molecular weight is 334 g/mol. The number of ether oxygens (including phenoxy) is 1. The third kappa shape index (κ3) is 3.62. The summed E-state index contributed by atoms with van der Waals surface area (Å²) in [5.41, 5.74) is 8.47. The van der Waals surface area contributed by atoms with Gasteiger partial charge in [-0.25, -0.2) is 0 Å². The van der Waals surface area contributed by atoms with Crippen LogP contribution in [0.3, 0.4) is 0 Å². The molecule has 0 aromatic heterocycles. The lowest BCUT2D eigenvalue weighted by Crippen LogP contribution is -2.31. The van der Waals surface area contributed by atoms with E-state index in [1.165, 1.54) is 0 Å².